The highest BCUT2D eigenvalue weighted by Gasteiger charge is 2.17. The van der Waals surface area contributed by atoms with Gasteiger partial charge in [0.15, 0.2) is 5.58 Å². The summed E-state index contributed by atoms with van der Waals surface area (Å²) in [5, 5.41) is 10.4. The topological polar surface area (TPSA) is 64.1 Å². The first-order chi connectivity index (χ1) is 11.1. The molecular weight excluding hydrogens is 294 g/mol. The zero-order valence-corrected chi connectivity index (χ0v) is 13.0. The first-order valence-electron chi connectivity index (χ1n) is 7.34. The number of aromatic hydroxyl groups is 1. The van der Waals surface area contributed by atoms with Crippen molar-refractivity contribution in [2.75, 3.05) is 14.1 Å². The molecule has 5 heteroatoms. The number of fused-ring (bicyclic) bond motifs is 1. The number of rotatable bonds is 4. The molecule has 1 heterocycles. The molecule has 0 saturated heterocycles. The Labute approximate surface area is 133 Å². The second-order valence-corrected chi connectivity index (χ2v) is 5.67. The van der Waals surface area contributed by atoms with Gasteiger partial charge in [0, 0.05) is 0 Å². The summed E-state index contributed by atoms with van der Waals surface area (Å²) < 4.78 is 11.2. The largest absolute Gasteiger partial charge is 0.507 e. The van der Waals surface area contributed by atoms with Crippen molar-refractivity contribution in [2.24, 2.45) is 0 Å². The van der Waals surface area contributed by atoms with Crippen LogP contribution in [0.1, 0.15) is 5.56 Å². The van der Waals surface area contributed by atoms with E-state index < -0.39 is 0 Å². The molecule has 3 aromatic rings. The molecule has 0 amide bonds. The fraction of sp³-hybridized carbons (Fsp3) is 0.167. The lowest BCUT2D eigenvalue weighted by atomic mass is 10.1. The molecule has 0 spiro atoms. The first kappa shape index (κ1) is 15.1. The van der Waals surface area contributed by atoms with Crippen molar-refractivity contribution in [1.29, 1.82) is 0 Å². The fourth-order valence-corrected chi connectivity index (χ4v) is 2.44. The van der Waals surface area contributed by atoms with Crippen LogP contribution in [0.3, 0.4) is 0 Å². The van der Waals surface area contributed by atoms with E-state index in [2.05, 4.69) is 0 Å². The van der Waals surface area contributed by atoms with E-state index >= 15 is 0 Å². The maximum Gasteiger partial charge on any atom is 0.235 e. The second-order valence-electron chi connectivity index (χ2n) is 5.67. The summed E-state index contributed by atoms with van der Waals surface area (Å²) in [7, 11) is 3.92. The van der Waals surface area contributed by atoms with Crippen molar-refractivity contribution in [2.45, 2.75) is 6.54 Å². The van der Waals surface area contributed by atoms with Crippen LogP contribution in [0.25, 0.3) is 11.0 Å². The van der Waals surface area contributed by atoms with Crippen molar-refractivity contribution in [3.63, 3.8) is 0 Å². The molecule has 118 valence electrons. The maximum atomic E-state index is 12.6. The van der Waals surface area contributed by atoms with Gasteiger partial charge in [-0.3, -0.25) is 4.79 Å². The third-order valence-corrected chi connectivity index (χ3v) is 3.49. The Bertz CT molecular complexity index is 885. The third kappa shape index (κ3) is 3.05. The summed E-state index contributed by atoms with van der Waals surface area (Å²) in [5.41, 5.74) is 0.757. The molecule has 23 heavy (non-hydrogen) atoms. The number of para-hydroxylation sites is 1. The summed E-state index contributed by atoms with van der Waals surface area (Å²) >= 11 is 0. The van der Waals surface area contributed by atoms with Crippen LogP contribution in [-0.2, 0) is 6.54 Å². The average Bonchev–Trinajstić information content (AvgIpc) is 2.53. The van der Waals surface area contributed by atoms with Crippen LogP contribution >= 0.6 is 0 Å². The van der Waals surface area contributed by atoms with Gasteiger partial charge in [0.1, 0.15) is 24.3 Å². The second kappa shape index (κ2) is 6.14. The SMILES string of the molecule is C[NH+](C)Cc1c(O)ccc2c(=O)c(Oc3ccccc3)coc12. The average molecular weight is 312 g/mol. The minimum Gasteiger partial charge on any atom is -0.507 e. The van der Waals surface area contributed by atoms with Crippen LogP contribution in [0.2, 0.25) is 0 Å². The molecule has 0 aliphatic heterocycles. The van der Waals surface area contributed by atoms with Gasteiger partial charge in [0.25, 0.3) is 0 Å². The molecule has 0 bridgehead atoms. The van der Waals surface area contributed by atoms with Gasteiger partial charge >= 0.3 is 0 Å². The number of hydrogen-bond acceptors (Lipinski definition) is 4. The molecule has 0 radical (unpaired) electrons. The van der Waals surface area contributed by atoms with Gasteiger partial charge in [-0.1, -0.05) is 18.2 Å². The van der Waals surface area contributed by atoms with Crippen LogP contribution < -0.4 is 15.1 Å². The highest BCUT2D eigenvalue weighted by Crippen LogP contribution is 2.27. The molecule has 0 atom stereocenters. The van der Waals surface area contributed by atoms with E-state index in [0.717, 1.165) is 4.90 Å². The molecule has 0 aliphatic rings. The number of nitrogens with one attached hydrogen (secondary N) is 1. The minimum atomic E-state index is -0.259. The van der Waals surface area contributed by atoms with Crippen LogP contribution in [0, 0.1) is 0 Å². The molecule has 0 unspecified atom stereocenters. The summed E-state index contributed by atoms with van der Waals surface area (Å²) in [6.07, 6.45) is 1.30. The number of benzene rings is 2. The number of hydrogen-bond donors (Lipinski definition) is 2. The zero-order chi connectivity index (χ0) is 16.4. The molecule has 1 aromatic heterocycles. The molecule has 0 saturated carbocycles. The molecule has 3 rings (SSSR count). The van der Waals surface area contributed by atoms with Crippen molar-refractivity contribution in [3.8, 4) is 17.2 Å². The molecule has 0 fully saturated rings. The number of phenolic OH excluding ortho intramolecular Hbond substituents is 1. The number of ether oxygens (including phenoxy) is 1. The molecular formula is C18H18NO4+. The predicted molar refractivity (Wildman–Crippen MR) is 87.2 cm³/mol. The monoisotopic (exact) mass is 312 g/mol. The Morgan fingerprint density at radius 1 is 1.13 bits per heavy atom. The summed E-state index contributed by atoms with van der Waals surface area (Å²) in [4.78, 5) is 13.7. The van der Waals surface area contributed by atoms with Crippen LogP contribution in [-0.4, -0.2) is 19.2 Å². The quantitative estimate of drug-likeness (QED) is 0.773. The molecule has 2 N–H and O–H groups in total. The Balaban J connectivity index is 2.10. The van der Waals surface area contributed by atoms with E-state index in [1.165, 1.54) is 12.3 Å². The van der Waals surface area contributed by atoms with Gasteiger partial charge in [-0.05, 0) is 24.3 Å². The summed E-state index contributed by atoms with van der Waals surface area (Å²) in [6, 6.07) is 12.1. The Morgan fingerprint density at radius 2 is 1.87 bits per heavy atom. The van der Waals surface area contributed by atoms with Crippen molar-refractivity contribution >= 4 is 11.0 Å². The van der Waals surface area contributed by atoms with Crippen molar-refractivity contribution in [1.82, 2.24) is 0 Å². The van der Waals surface area contributed by atoms with E-state index in [4.69, 9.17) is 9.15 Å². The van der Waals surface area contributed by atoms with E-state index in [0.29, 0.717) is 28.8 Å². The van der Waals surface area contributed by atoms with Crippen LogP contribution in [0.15, 0.2) is 57.9 Å². The zero-order valence-electron chi connectivity index (χ0n) is 13.0. The van der Waals surface area contributed by atoms with E-state index in [-0.39, 0.29) is 16.9 Å². The van der Waals surface area contributed by atoms with E-state index in [1.54, 1.807) is 18.2 Å². The van der Waals surface area contributed by atoms with E-state index in [1.807, 2.05) is 32.3 Å². The van der Waals surface area contributed by atoms with Crippen LogP contribution in [0.5, 0.6) is 17.2 Å². The molecule has 2 aromatic carbocycles. The molecule has 5 nitrogen and oxygen atoms in total. The lowest BCUT2D eigenvalue weighted by Crippen LogP contribution is -3.04. The first-order valence-corrected chi connectivity index (χ1v) is 7.34. The summed E-state index contributed by atoms with van der Waals surface area (Å²) in [5.74, 6) is 0.812. The van der Waals surface area contributed by atoms with Crippen molar-refractivity contribution < 1.29 is 19.2 Å². The van der Waals surface area contributed by atoms with Gasteiger partial charge in [-0.2, -0.15) is 0 Å². The van der Waals surface area contributed by atoms with Gasteiger partial charge < -0.3 is 19.2 Å². The Morgan fingerprint density at radius 3 is 2.57 bits per heavy atom. The van der Waals surface area contributed by atoms with Gasteiger partial charge in [0.2, 0.25) is 11.2 Å². The fourth-order valence-electron chi connectivity index (χ4n) is 2.44. The van der Waals surface area contributed by atoms with Gasteiger partial charge in [-0.15, -0.1) is 0 Å². The highest BCUT2D eigenvalue weighted by molar-refractivity contribution is 5.82. The Kier molecular flexibility index (Phi) is 4.04. The smallest absolute Gasteiger partial charge is 0.235 e. The summed E-state index contributed by atoms with van der Waals surface area (Å²) in [6.45, 7) is 0.547. The van der Waals surface area contributed by atoms with E-state index in [9.17, 15) is 9.90 Å². The number of phenols is 1. The third-order valence-electron chi connectivity index (χ3n) is 3.49. The number of quaternary nitrogens is 1. The highest BCUT2D eigenvalue weighted by atomic mass is 16.5. The molecule has 0 aliphatic carbocycles. The van der Waals surface area contributed by atoms with Crippen molar-refractivity contribution in [3.05, 3.63) is 64.5 Å². The Hall–Kier alpha value is -2.79. The lowest BCUT2D eigenvalue weighted by Gasteiger charge is -2.11. The maximum absolute atomic E-state index is 12.6. The lowest BCUT2D eigenvalue weighted by molar-refractivity contribution is -0.872. The van der Waals surface area contributed by atoms with Gasteiger partial charge in [-0.25, -0.2) is 0 Å². The van der Waals surface area contributed by atoms with Crippen LogP contribution in [0.4, 0.5) is 0 Å². The minimum absolute atomic E-state index is 0.123. The van der Waals surface area contributed by atoms with Gasteiger partial charge in [0.05, 0.1) is 25.0 Å². The standard InChI is InChI=1S/C18H17NO4/c1-19(2)10-14-15(20)9-8-13-17(21)16(11-22-18(13)14)23-12-6-4-3-5-7-12/h3-9,11,20H,10H2,1-2H3/p+1. The predicted octanol–water partition coefficient (Wildman–Crippen LogP) is 1.94. The normalized spacial score (nSPS) is 11.1.